The van der Waals surface area contributed by atoms with E-state index in [-0.39, 0.29) is 17.8 Å². The fourth-order valence-electron chi connectivity index (χ4n) is 4.31. The number of nitrogens with zero attached hydrogens (tertiary/aromatic N) is 7. The van der Waals surface area contributed by atoms with Crippen molar-refractivity contribution >= 4 is 5.91 Å². The number of hydrogen-bond acceptors (Lipinski definition) is 5. The molecule has 4 aromatic rings. The van der Waals surface area contributed by atoms with Crippen LogP contribution >= 0.6 is 0 Å². The van der Waals surface area contributed by atoms with Gasteiger partial charge in [0.25, 0.3) is 5.91 Å². The predicted octanol–water partition coefficient (Wildman–Crippen LogP) is 3.67. The maximum atomic E-state index is 13.7. The van der Waals surface area contributed by atoms with Gasteiger partial charge in [-0.25, -0.2) is 4.39 Å². The first-order valence-corrected chi connectivity index (χ1v) is 11.0. The second kappa shape index (κ2) is 8.93. The minimum atomic E-state index is -0.372. The number of rotatable bonds is 5. The van der Waals surface area contributed by atoms with Gasteiger partial charge in [-0.1, -0.05) is 11.6 Å². The van der Waals surface area contributed by atoms with E-state index < -0.39 is 0 Å². The molecule has 0 saturated carbocycles. The molecule has 1 aromatic carbocycles. The molecule has 0 spiro atoms. The second-order valence-electron chi connectivity index (χ2n) is 8.30. The summed E-state index contributed by atoms with van der Waals surface area (Å²) in [7, 11) is 0. The van der Waals surface area contributed by atoms with Crippen molar-refractivity contribution < 1.29 is 9.18 Å². The van der Waals surface area contributed by atoms with E-state index in [2.05, 4.69) is 20.3 Å². The third-order valence-electron chi connectivity index (χ3n) is 5.96. The molecule has 1 saturated heterocycles. The molecule has 4 heterocycles. The minimum absolute atomic E-state index is 0.0131. The number of carbonyl (C=O) groups is 1. The van der Waals surface area contributed by atoms with Crippen LogP contribution in [0.25, 0.3) is 16.9 Å². The van der Waals surface area contributed by atoms with Gasteiger partial charge < -0.3 is 4.90 Å². The van der Waals surface area contributed by atoms with E-state index in [0.717, 1.165) is 30.4 Å². The van der Waals surface area contributed by atoms with Crippen molar-refractivity contribution in [3.63, 3.8) is 0 Å². The van der Waals surface area contributed by atoms with Crippen LogP contribution in [-0.4, -0.2) is 53.2 Å². The van der Waals surface area contributed by atoms with Crippen molar-refractivity contribution in [2.24, 2.45) is 0 Å². The third-order valence-corrected chi connectivity index (χ3v) is 5.96. The molecule has 1 aliphatic rings. The maximum absolute atomic E-state index is 13.7. The highest BCUT2D eigenvalue weighted by Gasteiger charge is 2.30. The summed E-state index contributed by atoms with van der Waals surface area (Å²) in [6.07, 6.45) is 10.9. The van der Waals surface area contributed by atoms with Crippen LogP contribution in [0.5, 0.6) is 0 Å². The Bertz CT molecular complexity index is 1250. The molecule has 0 unspecified atom stereocenters. The van der Waals surface area contributed by atoms with Crippen LogP contribution in [0.4, 0.5) is 4.39 Å². The zero-order chi connectivity index (χ0) is 22.8. The SMILES string of the molecule is Cc1ccc(-n2nccn2)c(C(=O)N2CCCC[C@H]2Cn2cc(-c3ccc(F)cn3)cn2)c1. The van der Waals surface area contributed by atoms with Crippen LogP contribution in [0.2, 0.25) is 0 Å². The highest BCUT2D eigenvalue weighted by molar-refractivity contribution is 5.98. The average Bonchev–Trinajstić information content (AvgIpc) is 3.52. The van der Waals surface area contributed by atoms with E-state index in [1.54, 1.807) is 24.7 Å². The Balaban J connectivity index is 1.39. The van der Waals surface area contributed by atoms with Gasteiger partial charge in [0.2, 0.25) is 0 Å². The van der Waals surface area contributed by atoms with E-state index in [1.165, 1.54) is 17.1 Å². The fourth-order valence-corrected chi connectivity index (χ4v) is 4.31. The van der Waals surface area contributed by atoms with Crippen LogP contribution in [0.3, 0.4) is 0 Å². The number of benzene rings is 1. The Morgan fingerprint density at radius 2 is 1.94 bits per heavy atom. The molecule has 0 radical (unpaired) electrons. The van der Waals surface area contributed by atoms with E-state index in [9.17, 15) is 9.18 Å². The van der Waals surface area contributed by atoms with Gasteiger partial charge in [0.1, 0.15) is 5.82 Å². The van der Waals surface area contributed by atoms with Crippen LogP contribution in [0.1, 0.15) is 35.2 Å². The molecular formula is C24H24FN7O. The lowest BCUT2D eigenvalue weighted by atomic mass is 9.99. The van der Waals surface area contributed by atoms with Crippen molar-refractivity contribution in [1.29, 1.82) is 0 Å². The molecule has 0 aliphatic carbocycles. The highest BCUT2D eigenvalue weighted by Crippen LogP contribution is 2.25. The van der Waals surface area contributed by atoms with Gasteiger partial charge in [-0.2, -0.15) is 20.1 Å². The Morgan fingerprint density at radius 3 is 2.73 bits per heavy atom. The van der Waals surface area contributed by atoms with Crippen molar-refractivity contribution in [3.05, 3.63) is 78.3 Å². The fraction of sp³-hybridized carbons (Fsp3) is 0.292. The second-order valence-corrected chi connectivity index (χ2v) is 8.30. The number of halogens is 1. The van der Waals surface area contributed by atoms with Crippen molar-refractivity contribution in [1.82, 2.24) is 34.7 Å². The summed E-state index contributed by atoms with van der Waals surface area (Å²) in [5.74, 6) is -0.397. The van der Waals surface area contributed by atoms with E-state index >= 15 is 0 Å². The summed E-state index contributed by atoms with van der Waals surface area (Å²) in [6, 6.07) is 8.78. The standard InChI is InChI=1S/C24H24FN7O/c1-17-5-8-23(32-27-9-10-28-32)21(12-17)24(33)31-11-3-2-4-20(31)16-30-15-18(13-29-30)22-7-6-19(25)14-26-22/h5-10,12-15,20H,2-4,11,16H2,1H3/t20-/m0/s1. The molecule has 8 nitrogen and oxygen atoms in total. The molecule has 1 amide bonds. The van der Waals surface area contributed by atoms with Crippen molar-refractivity contribution in [3.8, 4) is 16.9 Å². The maximum Gasteiger partial charge on any atom is 0.256 e. The number of pyridine rings is 1. The molecule has 33 heavy (non-hydrogen) atoms. The number of hydrogen-bond donors (Lipinski definition) is 0. The van der Waals surface area contributed by atoms with Crippen LogP contribution < -0.4 is 0 Å². The molecule has 0 N–H and O–H groups in total. The van der Waals surface area contributed by atoms with Gasteiger partial charge in [-0.15, -0.1) is 0 Å². The molecular weight excluding hydrogens is 421 g/mol. The summed E-state index contributed by atoms with van der Waals surface area (Å²) in [4.78, 5) is 21.3. The number of piperidine rings is 1. The van der Waals surface area contributed by atoms with E-state index in [1.807, 2.05) is 40.9 Å². The molecule has 1 fully saturated rings. The number of aromatic nitrogens is 6. The Morgan fingerprint density at radius 1 is 1.09 bits per heavy atom. The first-order chi connectivity index (χ1) is 16.1. The summed E-state index contributed by atoms with van der Waals surface area (Å²) < 4.78 is 15.0. The predicted molar refractivity (Wildman–Crippen MR) is 120 cm³/mol. The minimum Gasteiger partial charge on any atom is -0.334 e. The van der Waals surface area contributed by atoms with Crippen molar-refractivity contribution in [2.45, 2.75) is 38.8 Å². The Labute approximate surface area is 190 Å². The smallest absolute Gasteiger partial charge is 0.256 e. The lowest BCUT2D eigenvalue weighted by molar-refractivity contribution is 0.0583. The summed E-state index contributed by atoms with van der Waals surface area (Å²) in [5.41, 5.74) is 3.74. The van der Waals surface area contributed by atoms with Gasteiger partial charge in [0.05, 0.1) is 54.3 Å². The highest BCUT2D eigenvalue weighted by atomic mass is 19.1. The molecule has 9 heteroatoms. The van der Waals surface area contributed by atoms with Crippen LogP contribution in [0, 0.1) is 12.7 Å². The summed E-state index contributed by atoms with van der Waals surface area (Å²) in [5, 5.41) is 12.9. The molecule has 0 bridgehead atoms. The van der Waals surface area contributed by atoms with Gasteiger partial charge in [-0.05, 0) is 50.5 Å². The lowest BCUT2D eigenvalue weighted by Gasteiger charge is -2.36. The summed E-state index contributed by atoms with van der Waals surface area (Å²) >= 11 is 0. The van der Waals surface area contributed by atoms with Crippen LogP contribution in [0.15, 0.2) is 61.3 Å². The lowest BCUT2D eigenvalue weighted by Crippen LogP contribution is -2.46. The third kappa shape index (κ3) is 4.39. The van der Waals surface area contributed by atoms with Gasteiger partial charge >= 0.3 is 0 Å². The van der Waals surface area contributed by atoms with Crippen molar-refractivity contribution in [2.75, 3.05) is 6.54 Å². The number of amides is 1. The first kappa shape index (κ1) is 21.0. The van der Waals surface area contributed by atoms with Gasteiger partial charge in [0, 0.05) is 18.3 Å². The average molecular weight is 446 g/mol. The van der Waals surface area contributed by atoms with Gasteiger partial charge in [-0.3, -0.25) is 14.5 Å². The molecule has 168 valence electrons. The zero-order valence-corrected chi connectivity index (χ0v) is 18.3. The van der Waals surface area contributed by atoms with E-state index in [4.69, 9.17) is 0 Å². The molecule has 3 aromatic heterocycles. The summed E-state index contributed by atoms with van der Waals surface area (Å²) in [6.45, 7) is 3.24. The topological polar surface area (TPSA) is 81.7 Å². The molecule has 5 rings (SSSR count). The van der Waals surface area contributed by atoms with E-state index in [0.29, 0.717) is 30.0 Å². The quantitative estimate of drug-likeness (QED) is 0.468. The number of carbonyl (C=O) groups excluding carboxylic acids is 1. The Hall–Kier alpha value is -3.88. The number of aryl methyl sites for hydroxylation is 1. The Kier molecular flexibility index (Phi) is 5.68. The largest absolute Gasteiger partial charge is 0.334 e. The van der Waals surface area contributed by atoms with Crippen LogP contribution in [-0.2, 0) is 6.54 Å². The first-order valence-electron chi connectivity index (χ1n) is 11.0. The van der Waals surface area contributed by atoms with Gasteiger partial charge in [0.15, 0.2) is 0 Å². The normalized spacial score (nSPS) is 16.2. The monoisotopic (exact) mass is 445 g/mol. The number of likely N-dealkylation sites (tertiary alicyclic amines) is 1. The molecule has 1 aliphatic heterocycles. The zero-order valence-electron chi connectivity index (χ0n) is 18.3. The molecule has 1 atom stereocenters.